The van der Waals surface area contributed by atoms with Crippen molar-refractivity contribution < 1.29 is 23.9 Å². The molecule has 0 saturated heterocycles. The third-order valence-electron chi connectivity index (χ3n) is 4.87. The molecular weight excluding hydrogens is 308 g/mol. The molecule has 0 bridgehead atoms. The molecule has 0 amide bonds. The van der Waals surface area contributed by atoms with Crippen LogP contribution in [0.5, 0.6) is 0 Å². The average molecular weight is 340 g/mol. The van der Waals surface area contributed by atoms with E-state index < -0.39 is 17.9 Å². The summed E-state index contributed by atoms with van der Waals surface area (Å²) in [4.78, 5) is 35.9. The lowest BCUT2D eigenvalue weighted by atomic mass is 9.75. The number of carbonyl (C=O) groups is 3. The van der Waals surface area contributed by atoms with Crippen molar-refractivity contribution in [2.45, 2.75) is 72.8 Å². The van der Waals surface area contributed by atoms with Crippen LogP contribution in [-0.4, -0.2) is 30.4 Å². The van der Waals surface area contributed by atoms with Crippen LogP contribution in [0.2, 0.25) is 0 Å². The summed E-state index contributed by atoms with van der Waals surface area (Å²) < 4.78 is 10.7. The monoisotopic (exact) mass is 340 g/mol. The van der Waals surface area contributed by atoms with Crippen LogP contribution in [-0.2, 0) is 23.9 Å². The number of Topliss-reactive ketones (excluding diaryl/α,β-unsaturated/α-hetero) is 1. The van der Waals surface area contributed by atoms with Gasteiger partial charge >= 0.3 is 11.9 Å². The highest BCUT2D eigenvalue weighted by Gasteiger charge is 2.37. The van der Waals surface area contributed by atoms with Gasteiger partial charge in [-0.25, -0.2) is 0 Å². The van der Waals surface area contributed by atoms with E-state index in [1.807, 2.05) is 0 Å². The molecule has 1 aliphatic carbocycles. The van der Waals surface area contributed by atoms with Crippen LogP contribution in [0.15, 0.2) is 0 Å². The summed E-state index contributed by atoms with van der Waals surface area (Å²) in [6.07, 6.45) is 3.18. The average Bonchev–Trinajstić information content (AvgIpc) is 2.47. The van der Waals surface area contributed by atoms with E-state index in [-0.39, 0.29) is 31.3 Å². The molecule has 0 aliphatic heterocycles. The number of ether oxygens (including phenoxy) is 2. The van der Waals surface area contributed by atoms with Gasteiger partial charge in [-0.3, -0.25) is 9.59 Å². The fourth-order valence-corrected chi connectivity index (χ4v) is 3.40. The number of hydrogen-bond acceptors (Lipinski definition) is 5. The third kappa shape index (κ3) is 6.25. The molecule has 5 heteroatoms. The molecule has 0 aromatic heterocycles. The third-order valence-corrected chi connectivity index (χ3v) is 4.87. The fraction of sp³-hybridized carbons (Fsp3) is 0.842. The van der Waals surface area contributed by atoms with E-state index in [0.29, 0.717) is 17.8 Å². The molecule has 0 heterocycles. The lowest BCUT2D eigenvalue weighted by Gasteiger charge is -2.37. The van der Waals surface area contributed by atoms with Crippen molar-refractivity contribution >= 4 is 17.7 Å². The lowest BCUT2D eigenvalue weighted by Crippen LogP contribution is -2.39. The van der Waals surface area contributed by atoms with E-state index in [2.05, 4.69) is 20.8 Å². The molecular formula is C19H32O5. The topological polar surface area (TPSA) is 69.7 Å². The van der Waals surface area contributed by atoms with E-state index in [0.717, 1.165) is 19.3 Å². The summed E-state index contributed by atoms with van der Waals surface area (Å²) in [6.45, 7) is 9.79. The zero-order chi connectivity index (χ0) is 18.3. The molecule has 0 spiro atoms. The zero-order valence-electron chi connectivity index (χ0n) is 15.7. The molecule has 5 nitrogen and oxygen atoms in total. The van der Waals surface area contributed by atoms with Crippen LogP contribution in [0, 0.1) is 23.7 Å². The van der Waals surface area contributed by atoms with E-state index in [1.54, 1.807) is 6.92 Å². The highest BCUT2D eigenvalue weighted by molar-refractivity contribution is 5.95. The van der Waals surface area contributed by atoms with Gasteiger partial charge in [-0.1, -0.05) is 27.2 Å². The van der Waals surface area contributed by atoms with E-state index in [1.165, 1.54) is 6.92 Å². The van der Waals surface area contributed by atoms with Crippen molar-refractivity contribution in [3.63, 3.8) is 0 Å². The molecule has 1 rings (SSSR count). The second-order valence-corrected chi connectivity index (χ2v) is 7.35. The maximum atomic E-state index is 12.6. The summed E-state index contributed by atoms with van der Waals surface area (Å²) in [7, 11) is 0. The Morgan fingerprint density at radius 3 is 2.33 bits per heavy atom. The minimum absolute atomic E-state index is 0.0524. The molecule has 1 fully saturated rings. The quantitative estimate of drug-likeness (QED) is 0.499. The van der Waals surface area contributed by atoms with Gasteiger partial charge in [0.05, 0.1) is 6.61 Å². The second-order valence-electron chi connectivity index (χ2n) is 7.35. The molecule has 0 radical (unpaired) electrons. The molecule has 0 aromatic rings. The molecule has 1 unspecified atom stereocenters. The van der Waals surface area contributed by atoms with Crippen LogP contribution in [0.4, 0.5) is 0 Å². The Bertz CT molecular complexity index is 443. The van der Waals surface area contributed by atoms with Gasteiger partial charge in [0.15, 0.2) is 5.92 Å². The molecule has 24 heavy (non-hydrogen) atoms. The van der Waals surface area contributed by atoms with Crippen LogP contribution in [0.1, 0.15) is 66.7 Å². The molecule has 0 aromatic carbocycles. The summed E-state index contributed by atoms with van der Waals surface area (Å²) >= 11 is 0. The predicted molar refractivity (Wildman–Crippen MR) is 91.3 cm³/mol. The van der Waals surface area contributed by atoms with E-state index >= 15 is 0 Å². The van der Waals surface area contributed by atoms with Gasteiger partial charge in [0.25, 0.3) is 0 Å². The minimum Gasteiger partial charge on any atom is -0.465 e. The highest BCUT2D eigenvalue weighted by atomic mass is 16.6. The van der Waals surface area contributed by atoms with Crippen molar-refractivity contribution in [3.8, 4) is 0 Å². The molecule has 4 atom stereocenters. The second kappa shape index (κ2) is 9.80. The number of rotatable bonds is 8. The van der Waals surface area contributed by atoms with Gasteiger partial charge in [0.2, 0.25) is 0 Å². The Kier molecular flexibility index (Phi) is 8.43. The summed E-state index contributed by atoms with van der Waals surface area (Å²) in [5.41, 5.74) is 0. The Morgan fingerprint density at radius 2 is 1.79 bits per heavy atom. The maximum Gasteiger partial charge on any atom is 0.320 e. The van der Waals surface area contributed by atoms with Gasteiger partial charge in [-0.15, -0.1) is 0 Å². The largest absolute Gasteiger partial charge is 0.465 e. The van der Waals surface area contributed by atoms with Gasteiger partial charge in [-0.05, 0) is 50.9 Å². The Morgan fingerprint density at radius 1 is 1.12 bits per heavy atom. The Labute approximate surface area is 145 Å². The van der Waals surface area contributed by atoms with Crippen LogP contribution < -0.4 is 0 Å². The SMILES string of the molecule is CCOC(=O)C(CCC(C)=O)C(=O)O[C@@H]1C[C@H](C)CC[C@H]1C(C)C. The summed E-state index contributed by atoms with van der Waals surface area (Å²) in [6, 6.07) is 0. The highest BCUT2D eigenvalue weighted by Crippen LogP contribution is 2.35. The van der Waals surface area contributed by atoms with Crippen LogP contribution in [0.3, 0.4) is 0 Å². The van der Waals surface area contributed by atoms with Gasteiger partial charge in [-0.2, -0.15) is 0 Å². The Balaban J connectivity index is 2.79. The summed E-state index contributed by atoms with van der Waals surface area (Å²) in [5, 5.41) is 0. The van der Waals surface area contributed by atoms with Crippen LogP contribution >= 0.6 is 0 Å². The smallest absolute Gasteiger partial charge is 0.320 e. The molecule has 138 valence electrons. The first-order valence-corrected chi connectivity index (χ1v) is 9.12. The minimum atomic E-state index is -1.00. The Hall–Kier alpha value is -1.39. The van der Waals surface area contributed by atoms with Crippen molar-refractivity contribution in [2.75, 3.05) is 6.61 Å². The standard InChI is InChI=1S/C19H32O5/c1-6-23-18(21)16(10-8-14(5)20)19(22)24-17-11-13(4)7-9-15(17)12(2)3/h12-13,15-17H,6-11H2,1-5H3/t13-,15+,16?,17-/m1/s1. The number of carbonyl (C=O) groups excluding carboxylic acids is 3. The van der Waals surface area contributed by atoms with Crippen LogP contribution in [0.25, 0.3) is 0 Å². The molecule has 0 N–H and O–H groups in total. The molecule has 1 saturated carbocycles. The van der Waals surface area contributed by atoms with Crippen molar-refractivity contribution in [3.05, 3.63) is 0 Å². The molecule has 1 aliphatic rings. The number of hydrogen-bond donors (Lipinski definition) is 0. The van der Waals surface area contributed by atoms with Crippen molar-refractivity contribution in [2.24, 2.45) is 23.7 Å². The fourth-order valence-electron chi connectivity index (χ4n) is 3.40. The van der Waals surface area contributed by atoms with Crippen molar-refractivity contribution in [1.29, 1.82) is 0 Å². The first kappa shape index (κ1) is 20.7. The predicted octanol–water partition coefficient (Wildman–Crippen LogP) is 3.54. The normalized spacial score (nSPS) is 25.2. The zero-order valence-corrected chi connectivity index (χ0v) is 15.7. The number of ketones is 1. The summed E-state index contributed by atoms with van der Waals surface area (Å²) in [5.74, 6) is -0.930. The van der Waals surface area contributed by atoms with E-state index in [4.69, 9.17) is 9.47 Å². The van der Waals surface area contributed by atoms with Crippen molar-refractivity contribution in [1.82, 2.24) is 0 Å². The maximum absolute atomic E-state index is 12.6. The van der Waals surface area contributed by atoms with Gasteiger partial charge < -0.3 is 14.3 Å². The number of esters is 2. The first-order valence-electron chi connectivity index (χ1n) is 9.12. The van der Waals surface area contributed by atoms with E-state index in [9.17, 15) is 14.4 Å². The first-order chi connectivity index (χ1) is 11.3. The van der Waals surface area contributed by atoms with Gasteiger partial charge in [0, 0.05) is 6.42 Å². The van der Waals surface area contributed by atoms with Gasteiger partial charge in [0.1, 0.15) is 11.9 Å². The lowest BCUT2D eigenvalue weighted by molar-refractivity contribution is -0.170.